The second-order valence-electron chi connectivity index (χ2n) is 8.19. The monoisotopic (exact) mass is 413 g/mol. The van der Waals surface area contributed by atoms with E-state index in [0.29, 0.717) is 12.1 Å². The Bertz CT molecular complexity index is 754. The van der Waals surface area contributed by atoms with Crippen LogP contribution in [-0.2, 0) is 16.0 Å². The smallest absolute Gasteiger partial charge is 0.211 e. The molecule has 0 spiro atoms. The van der Waals surface area contributed by atoms with Crippen LogP contribution in [0.5, 0.6) is 5.75 Å². The Morgan fingerprint density at radius 3 is 2.87 bits per heavy atom. The van der Waals surface area contributed by atoms with Crippen molar-refractivity contribution in [1.29, 1.82) is 0 Å². The molecular weight excluding hydrogens is 378 g/mol. The maximum atomic E-state index is 10.6. The van der Waals surface area contributed by atoms with Crippen LogP contribution >= 0.6 is 0 Å². The largest absolute Gasteiger partial charge is 0.506 e. The van der Waals surface area contributed by atoms with Crippen molar-refractivity contribution in [3.63, 3.8) is 0 Å². The number of phenols is 1. The molecular formula is C24H35N3O3. The number of amides is 1. The van der Waals surface area contributed by atoms with Gasteiger partial charge < -0.3 is 25.4 Å². The molecule has 1 heterocycles. The van der Waals surface area contributed by atoms with E-state index in [1.807, 2.05) is 6.07 Å². The predicted molar refractivity (Wildman–Crippen MR) is 121 cm³/mol. The molecule has 1 amide bonds. The molecule has 0 saturated carbocycles. The Morgan fingerprint density at radius 2 is 2.10 bits per heavy atom. The van der Waals surface area contributed by atoms with Crippen LogP contribution in [0.15, 0.2) is 41.6 Å². The summed E-state index contributed by atoms with van der Waals surface area (Å²) in [5.74, 6) is 0.0781. The molecule has 1 aliphatic carbocycles. The van der Waals surface area contributed by atoms with Gasteiger partial charge in [-0.15, -0.1) is 0 Å². The highest BCUT2D eigenvalue weighted by Gasteiger charge is 2.16. The summed E-state index contributed by atoms with van der Waals surface area (Å²) in [5.41, 5.74) is 3.89. The second kappa shape index (κ2) is 11.8. The molecule has 0 aromatic heterocycles. The fourth-order valence-corrected chi connectivity index (χ4v) is 4.11. The third-order valence-electron chi connectivity index (χ3n) is 5.85. The van der Waals surface area contributed by atoms with E-state index in [1.165, 1.54) is 37.9 Å². The zero-order valence-corrected chi connectivity index (χ0v) is 18.0. The van der Waals surface area contributed by atoms with Crippen molar-refractivity contribution in [2.75, 3.05) is 38.1 Å². The first-order valence-electron chi connectivity index (χ1n) is 11.1. The van der Waals surface area contributed by atoms with Crippen LogP contribution in [0.3, 0.4) is 0 Å². The van der Waals surface area contributed by atoms with Crippen molar-refractivity contribution in [2.24, 2.45) is 0 Å². The number of carbonyl (C=O) groups excluding carboxylic acids is 1. The lowest BCUT2D eigenvalue weighted by Gasteiger charge is -2.27. The van der Waals surface area contributed by atoms with Gasteiger partial charge in [-0.05, 0) is 81.5 Å². The summed E-state index contributed by atoms with van der Waals surface area (Å²) in [7, 11) is 0. The minimum Gasteiger partial charge on any atom is -0.506 e. The summed E-state index contributed by atoms with van der Waals surface area (Å²) in [6, 6.07) is 5.28. The summed E-state index contributed by atoms with van der Waals surface area (Å²) in [4.78, 5) is 13.2. The summed E-state index contributed by atoms with van der Waals surface area (Å²) in [6.45, 7) is 7.39. The van der Waals surface area contributed by atoms with Crippen molar-refractivity contribution < 1.29 is 14.6 Å². The number of phenolic OH excluding ortho intramolecular Hbond substituents is 1. The molecule has 3 rings (SSSR count). The lowest BCUT2D eigenvalue weighted by molar-refractivity contribution is -0.105. The van der Waals surface area contributed by atoms with Gasteiger partial charge in [0.15, 0.2) is 0 Å². The van der Waals surface area contributed by atoms with E-state index in [1.54, 1.807) is 12.1 Å². The SMILES string of the molecule is CC1=CC(NCCc2ccc(O)c(NC=O)c2)=CCC1OCCCN1CCCCC1. The van der Waals surface area contributed by atoms with Gasteiger partial charge in [-0.2, -0.15) is 0 Å². The highest BCUT2D eigenvalue weighted by Crippen LogP contribution is 2.24. The van der Waals surface area contributed by atoms with E-state index in [-0.39, 0.29) is 11.9 Å². The van der Waals surface area contributed by atoms with Crippen LogP contribution in [0.4, 0.5) is 5.69 Å². The highest BCUT2D eigenvalue weighted by atomic mass is 16.5. The first-order valence-corrected chi connectivity index (χ1v) is 11.1. The number of allylic oxidation sites excluding steroid dienone is 1. The van der Waals surface area contributed by atoms with E-state index < -0.39 is 0 Å². The number of benzene rings is 1. The standard InChI is InChI=1S/C24H35N3O3/c1-19-16-21(25-11-10-20-6-8-23(29)22(17-20)26-18-28)7-9-24(19)30-15-5-14-27-12-3-2-4-13-27/h6-8,16-18,24-25,29H,2-5,9-15H2,1H3,(H,26,28). The molecule has 1 fully saturated rings. The van der Waals surface area contributed by atoms with Gasteiger partial charge in [-0.3, -0.25) is 4.79 Å². The average Bonchev–Trinajstić information content (AvgIpc) is 2.75. The quantitative estimate of drug-likeness (QED) is 0.294. The first-order chi connectivity index (χ1) is 14.7. The number of anilines is 1. The van der Waals surface area contributed by atoms with Gasteiger partial charge >= 0.3 is 0 Å². The summed E-state index contributed by atoms with van der Waals surface area (Å²) in [5, 5.41) is 15.7. The second-order valence-corrected chi connectivity index (χ2v) is 8.19. The van der Waals surface area contributed by atoms with Crippen molar-refractivity contribution in [1.82, 2.24) is 10.2 Å². The number of rotatable bonds is 11. The number of carbonyl (C=O) groups is 1. The lowest BCUT2D eigenvalue weighted by atomic mass is 10.0. The molecule has 6 heteroatoms. The number of aromatic hydroxyl groups is 1. The molecule has 6 nitrogen and oxygen atoms in total. The molecule has 164 valence electrons. The van der Waals surface area contributed by atoms with Gasteiger partial charge in [0.2, 0.25) is 6.41 Å². The summed E-state index contributed by atoms with van der Waals surface area (Å²) < 4.78 is 6.13. The Labute approximate surface area is 180 Å². The molecule has 1 aromatic rings. The van der Waals surface area contributed by atoms with E-state index in [0.717, 1.165) is 50.2 Å². The van der Waals surface area contributed by atoms with Crippen LogP contribution < -0.4 is 10.6 Å². The van der Waals surface area contributed by atoms with Gasteiger partial charge in [-0.1, -0.05) is 18.6 Å². The number of nitrogens with zero attached hydrogens (tertiary/aromatic N) is 1. The van der Waals surface area contributed by atoms with Crippen LogP contribution in [0.25, 0.3) is 0 Å². The fourth-order valence-electron chi connectivity index (χ4n) is 4.11. The van der Waals surface area contributed by atoms with Gasteiger partial charge in [0, 0.05) is 25.4 Å². The normalized spacial score (nSPS) is 19.7. The maximum absolute atomic E-state index is 10.6. The Morgan fingerprint density at radius 1 is 1.27 bits per heavy atom. The average molecular weight is 414 g/mol. The van der Waals surface area contributed by atoms with E-state index >= 15 is 0 Å². The Kier molecular flexibility index (Phi) is 8.78. The summed E-state index contributed by atoms with van der Waals surface area (Å²) >= 11 is 0. The van der Waals surface area contributed by atoms with E-state index in [4.69, 9.17) is 4.74 Å². The van der Waals surface area contributed by atoms with Crippen molar-refractivity contribution in [3.05, 3.63) is 47.2 Å². The van der Waals surface area contributed by atoms with Gasteiger partial charge in [0.25, 0.3) is 0 Å². The van der Waals surface area contributed by atoms with Crippen molar-refractivity contribution in [2.45, 2.75) is 51.6 Å². The Hall–Kier alpha value is -2.31. The minimum absolute atomic E-state index is 0.0781. The molecule has 1 unspecified atom stereocenters. The minimum atomic E-state index is 0.0781. The fraction of sp³-hybridized carbons (Fsp3) is 0.542. The molecule has 1 saturated heterocycles. The zero-order chi connectivity index (χ0) is 21.2. The number of hydrogen-bond acceptors (Lipinski definition) is 5. The molecule has 30 heavy (non-hydrogen) atoms. The van der Waals surface area contributed by atoms with Crippen LogP contribution in [0.2, 0.25) is 0 Å². The van der Waals surface area contributed by atoms with Gasteiger partial charge in [0.05, 0.1) is 11.8 Å². The highest BCUT2D eigenvalue weighted by molar-refractivity contribution is 5.75. The molecule has 1 aromatic carbocycles. The number of hydrogen-bond donors (Lipinski definition) is 3. The molecule has 3 N–H and O–H groups in total. The first kappa shape index (κ1) is 22.4. The summed E-state index contributed by atoms with van der Waals surface area (Å²) in [6.07, 6.45) is 12.0. The molecule has 0 bridgehead atoms. The number of piperidine rings is 1. The van der Waals surface area contributed by atoms with Crippen LogP contribution in [-0.4, -0.2) is 55.3 Å². The number of likely N-dealkylation sites (tertiary alicyclic amines) is 1. The maximum Gasteiger partial charge on any atom is 0.211 e. The number of ether oxygens (including phenoxy) is 1. The topological polar surface area (TPSA) is 73.8 Å². The molecule has 0 radical (unpaired) electrons. The third kappa shape index (κ3) is 6.89. The molecule has 1 atom stereocenters. The molecule has 2 aliphatic rings. The van der Waals surface area contributed by atoms with E-state index in [2.05, 4.69) is 34.6 Å². The third-order valence-corrected chi connectivity index (χ3v) is 5.85. The van der Waals surface area contributed by atoms with Crippen LogP contribution in [0, 0.1) is 0 Å². The van der Waals surface area contributed by atoms with E-state index in [9.17, 15) is 9.90 Å². The molecule has 1 aliphatic heterocycles. The van der Waals surface area contributed by atoms with Crippen LogP contribution in [0.1, 0.15) is 44.6 Å². The van der Waals surface area contributed by atoms with Crippen molar-refractivity contribution in [3.8, 4) is 5.75 Å². The zero-order valence-electron chi connectivity index (χ0n) is 18.0. The van der Waals surface area contributed by atoms with Gasteiger partial charge in [0.1, 0.15) is 5.75 Å². The lowest BCUT2D eigenvalue weighted by Crippen LogP contribution is -2.31. The van der Waals surface area contributed by atoms with Gasteiger partial charge in [-0.25, -0.2) is 0 Å². The number of nitrogens with one attached hydrogen (secondary N) is 2. The van der Waals surface area contributed by atoms with Crippen molar-refractivity contribution >= 4 is 12.1 Å². The predicted octanol–water partition coefficient (Wildman–Crippen LogP) is 3.59. The Balaban J connectivity index is 1.36.